The van der Waals surface area contributed by atoms with Crippen molar-refractivity contribution in [3.8, 4) is 17.4 Å². The maximum Gasteiger partial charge on any atom is 0.431 e. The van der Waals surface area contributed by atoms with Crippen LogP contribution in [0, 0.1) is 11.7 Å². The molecule has 1 atom stereocenters. The lowest BCUT2D eigenvalue weighted by Gasteiger charge is -2.20. The molecule has 0 bridgehead atoms. The molecule has 0 spiro atoms. The first-order chi connectivity index (χ1) is 17.9. The van der Waals surface area contributed by atoms with Gasteiger partial charge in [-0.2, -0.15) is 13.2 Å². The molecule has 8 nitrogen and oxygen atoms in total. The number of ether oxygens (including phenoxy) is 3. The molecule has 3 rings (SSSR count). The van der Waals surface area contributed by atoms with Crippen molar-refractivity contribution in [2.24, 2.45) is 5.92 Å². The average Bonchev–Trinajstić information content (AvgIpc) is 2.95. The lowest BCUT2D eigenvalue weighted by Crippen LogP contribution is -2.33. The number of aryl methyl sites for hydroxylation is 1. The molecule has 1 aliphatic rings. The molecular weight excluding hydrogens is 536 g/mol. The van der Waals surface area contributed by atoms with Gasteiger partial charge in [0.1, 0.15) is 17.3 Å². The summed E-state index contributed by atoms with van der Waals surface area (Å²) in [5, 5.41) is -0.105. The summed E-state index contributed by atoms with van der Waals surface area (Å²) in [5.41, 5.74) is -1.29. The van der Waals surface area contributed by atoms with Gasteiger partial charge in [-0.3, -0.25) is 9.59 Å². The summed E-state index contributed by atoms with van der Waals surface area (Å²) in [6.45, 7) is 1.37. The molecule has 38 heavy (non-hydrogen) atoms. The second-order valence-corrected chi connectivity index (χ2v) is 8.61. The van der Waals surface area contributed by atoms with Gasteiger partial charge in [-0.25, -0.2) is 14.2 Å². The highest BCUT2D eigenvalue weighted by molar-refractivity contribution is 6.32. The van der Waals surface area contributed by atoms with Crippen molar-refractivity contribution in [2.45, 2.75) is 32.4 Å². The number of hydrogen-bond donors (Lipinski definition) is 0. The minimum atomic E-state index is -4.88. The number of allylic oxidation sites excluding steroid dienone is 2. The van der Waals surface area contributed by atoms with Crippen molar-refractivity contribution in [2.75, 3.05) is 20.3 Å². The molecule has 1 unspecified atom stereocenters. The number of carbonyl (C=O) groups is 3. The Morgan fingerprint density at radius 3 is 2.66 bits per heavy atom. The number of ketones is 1. The summed E-state index contributed by atoms with van der Waals surface area (Å²) in [6.07, 6.45) is -3.73. The number of amides is 1. The van der Waals surface area contributed by atoms with E-state index in [9.17, 15) is 31.9 Å². The molecule has 1 aliphatic heterocycles. The fourth-order valence-corrected chi connectivity index (χ4v) is 3.82. The number of nitrogens with zero attached hydrogens (tertiary/aromatic N) is 2. The number of esters is 1. The molecular formula is C25H23ClF4N2O6. The minimum Gasteiger partial charge on any atom is -0.463 e. The van der Waals surface area contributed by atoms with Crippen molar-refractivity contribution >= 4 is 29.3 Å². The Morgan fingerprint density at radius 1 is 1.24 bits per heavy atom. The first kappa shape index (κ1) is 28.9. The molecule has 0 aliphatic carbocycles. The molecule has 0 fully saturated rings. The number of alkyl halides is 3. The first-order valence-corrected chi connectivity index (χ1v) is 11.8. The summed E-state index contributed by atoms with van der Waals surface area (Å²) < 4.78 is 70.2. The van der Waals surface area contributed by atoms with E-state index in [0.29, 0.717) is 11.0 Å². The van der Waals surface area contributed by atoms with Crippen LogP contribution >= 0.6 is 11.6 Å². The van der Waals surface area contributed by atoms with E-state index in [0.717, 1.165) is 13.1 Å². The number of halogens is 5. The minimum absolute atomic E-state index is 0.000641. The summed E-state index contributed by atoms with van der Waals surface area (Å²) in [7, 11) is 0.947. The summed E-state index contributed by atoms with van der Waals surface area (Å²) in [5.74, 6) is -4.18. The smallest absolute Gasteiger partial charge is 0.431 e. The number of pyridine rings is 1. The summed E-state index contributed by atoms with van der Waals surface area (Å²) in [4.78, 5) is 40.7. The van der Waals surface area contributed by atoms with Gasteiger partial charge >= 0.3 is 12.1 Å². The van der Waals surface area contributed by atoms with Crippen LogP contribution in [-0.4, -0.2) is 54.0 Å². The number of carbonyl (C=O) groups excluding carboxylic acids is 3. The van der Waals surface area contributed by atoms with Gasteiger partial charge in [0.05, 0.1) is 11.6 Å². The predicted molar refractivity (Wildman–Crippen MR) is 126 cm³/mol. The molecule has 1 aromatic carbocycles. The van der Waals surface area contributed by atoms with E-state index in [4.69, 9.17) is 25.8 Å². The van der Waals surface area contributed by atoms with Gasteiger partial charge in [0.25, 0.3) is 5.88 Å². The third-order valence-corrected chi connectivity index (χ3v) is 5.87. The van der Waals surface area contributed by atoms with E-state index in [1.54, 1.807) is 6.92 Å². The van der Waals surface area contributed by atoms with Gasteiger partial charge < -0.3 is 19.1 Å². The van der Waals surface area contributed by atoms with E-state index < -0.39 is 54.3 Å². The van der Waals surface area contributed by atoms with E-state index >= 15 is 0 Å². The Hall–Kier alpha value is -3.67. The quantitative estimate of drug-likeness (QED) is 0.314. The molecule has 2 aromatic rings. The van der Waals surface area contributed by atoms with Crippen LogP contribution in [0.4, 0.5) is 17.6 Å². The van der Waals surface area contributed by atoms with E-state index in [1.807, 2.05) is 0 Å². The molecule has 204 valence electrons. The van der Waals surface area contributed by atoms with Gasteiger partial charge in [0.15, 0.2) is 18.1 Å². The second kappa shape index (κ2) is 12.2. The standard InChI is InChI=1S/C25H23ClF4N2O6/c1-3-36-23(35)13-37-24-19(5-4-8-31-24)38-20-9-14(17(27)11-16(20)26)6-7-15-10-22(34)32(2)21(12-18(15)33)25(28,29)30/h4-5,8-9,11-12,15H,3,6-7,10,13H2,1-2H3. The van der Waals surface area contributed by atoms with Crippen molar-refractivity contribution in [1.82, 2.24) is 9.88 Å². The van der Waals surface area contributed by atoms with E-state index in [1.165, 1.54) is 24.4 Å². The van der Waals surface area contributed by atoms with Crippen LogP contribution in [0.5, 0.6) is 17.4 Å². The SMILES string of the molecule is CCOC(=O)COc1ncccc1Oc1cc(CCC2CC(=O)N(C)C(C(F)(F)F)=CC2=O)c(F)cc1Cl. The zero-order chi connectivity index (χ0) is 28.0. The number of aromatic nitrogens is 1. The molecule has 0 radical (unpaired) electrons. The van der Waals surface area contributed by atoms with Gasteiger partial charge in [0, 0.05) is 31.7 Å². The Balaban J connectivity index is 1.77. The molecule has 1 aromatic heterocycles. The van der Waals surface area contributed by atoms with Gasteiger partial charge in [-0.05, 0) is 49.6 Å². The van der Waals surface area contributed by atoms with Crippen molar-refractivity contribution < 1.29 is 46.2 Å². The van der Waals surface area contributed by atoms with Crippen LogP contribution in [0.15, 0.2) is 42.2 Å². The highest BCUT2D eigenvalue weighted by Gasteiger charge is 2.42. The molecule has 1 amide bonds. The van der Waals surface area contributed by atoms with Crippen LogP contribution in [0.1, 0.15) is 25.3 Å². The van der Waals surface area contributed by atoms with Crippen LogP contribution in [0.3, 0.4) is 0 Å². The summed E-state index contributed by atoms with van der Waals surface area (Å²) in [6, 6.07) is 5.26. The number of hydrogen-bond acceptors (Lipinski definition) is 7. The van der Waals surface area contributed by atoms with Crippen molar-refractivity contribution in [3.63, 3.8) is 0 Å². The predicted octanol–water partition coefficient (Wildman–Crippen LogP) is 5.03. The topological polar surface area (TPSA) is 95.0 Å². The average molecular weight is 559 g/mol. The van der Waals surface area contributed by atoms with Gasteiger partial charge in [0.2, 0.25) is 5.91 Å². The number of benzene rings is 1. The van der Waals surface area contributed by atoms with Crippen LogP contribution < -0.4 is 9.47 Å². The highest BCUT2D eigenvalue weighted by Crippen LogP contribution is 2.37. The monoisotopic (exact) mass is 558 g/mol. The lowest BCUT2D eigenvalue weighted by molar-refractivity contribution is -0.145. The first-order valence-electron chi connectivity index (χ1n) is 11.4. The maximum absolute atomic E-state index is 14.7. The fraction of sp³-hybridized carbons (Fsp3) is 0.360. The fourth-order valence-electron chi connectivity index (χ4n) is 3.63. The second-order valence-electron chi connectivity index (χ2n) is 8.20. The highest BCUT2D eigenvalue weighted by atomic mass is 35.5. The van der Waals surface area contributed by atoms with Crippen LogP contribution in [0.2, 0.25) is 5.02 Å². The Bertz CT molecular complexity index is 1250. The Labute approximate surface area is 220 Å². The largest absolute Gasteiger partial charge is 0.463 e. The molecule has 0 N–H and O–H groups in total. The van der Waals surface area contributed by atoms with E-state index in [2.05, 4.69) is 4.98 Å². The normalized spacial score (nSPS) is 16.1. The van der Waals surface area contributed by atoms with Crippen molar-refractivity contribution in [1.29, 1.82) is 0 Å². The molecule has 2 heterocycles. The zero-order valence-electron chi connectivity index (χ0n) is 20.3. The Kier molecular flexibility index (Phi) is 9.31. The molecule has 0 saturated carbocycles. The van der Waals surface area contributed by atoms with Crippen LogP contribution in [0.25, 0.3) is 0 Å². The van der Waals surface area contributed by atoms with Gasteiger partial charge in [-0.15, -0.1) is 0 Å². The van der Waals surface area contributed by atoms with Gasteiger partial charge in [-0.1, -0.05) is 11.6 Å². The maximum atomic E-state index is 14.7. The number of rotatable bonds is 9. The zero-order valence-corrected chi connectivity index (χ0v) is 21.1. The Morgan fingerprint density at radius 2 is 1.97 bits per heavy atom. The molecule has 13 heteroatoms. The third kappa shape index (κ3) is 7.21. The lowest BCUT2D eigenvalue weighted by atomic mass is 9.92. The van der Waals surface area contributed by atoms with Crippen LogP contribution in [-0.2, 0) is 25.5 Å². The van der Waals surface area contributed by atoms with Crippen molar-refractivity contribution in [3.05, 3.63) is 58.6 Å². The molecule has 0 saturated heterocycles. The third-order valence-electron chi connectivity index (χ3n) is 5.58. The van der Waals surface area contributed by atoms with E-state index in [-0.39, 0.29) is 47.4 Å². The summed E-state index contributed by atoms with van der Waals surface area (Å²) >= 11 is 6.14.